The number of fused-ring (bicyclic) bond motifs is 1. The van der Waals surface area contributed by atoms with Crippen LogP contribution in [-0.2, 0) is 6.54 Å². The fraction of sp³-hybridized carbons (Fsp3) is 0.0667. The molecule has 3 rings (SSSR count). The first kappa shape index (κ1) is 12.7. The summed E-state index contributed by atoms with van der Waals surface area (Å²) in [6, 6.07) is 11.0. The molecule has 0 saturated carbocycles. The van der Waals surface area contributed by atoms with Crippen LogP contribution in [-0.4, -0.2) is 10.9 Å². The number of pyridine rings is 1. The van der Waals surface area contributed by atoms with Crippen molar-refractivity contribution in [3.8, 4) is 0 Å². The zero-order valence-corrected chi connectivity index (χ0v) is 11.2. The van der Waals surface area contributed by atoms with Crippen LogP contribution in [0.1, 0.15) is 16.1 Å². The van der Waals surface area contributed by atoms with Crippen molar-refractivity contribution in [2.24, 2.45) is 0 Å². The molecule has 1 N–H and O–H groups in total. The van der Waals surface area contributed by atoms with Crippen molar-refractivity contribution < 1.29 is 9.21 Å². The van der Waals surface area contributed by atoms with Crippen molar-refractivity contribution in [1.82, 2.24) is 10.3 Å². The number of benzene rings is 1. The summed E-state index contributed by atoms with van der Waals surface area (Å²) in [5.41, 5.74) is 1.56. The van der Waals surface area contributed by atoms with Crippen LogP contribution in [0.3, 0.4) is 0 Å². The third-order valence-electron chi connectivity index (χ3n) is 2.94. The van der Waals surface area contributed by atoms with Crippen molar-refractivity contribution in [2.75, 3.05) is 0 Å². The molecule has 2 aromatic heterocycles. The number of hydrogen-bond donors (Lipinski definition) is 1. The third-order valence-corrected chi connectivity index (χ3v) is 3.32. The van der Waals surface area contributed by atoms with Gasteiger partial charge in [-0.25, -0.2) is 0 Å². The van der Waals surface area contributed by atoms with Gasteiger partial charge in [0.15, 0.2) is 0 Å². The molecule has 0 fully saturated rings. The Bertz CT molecular complexity index is 753. The summed E-state index contributed by atoms with van der Waals surface area (Å²) in [7, 11) is 0. The molecule has 1 aromatic carbocycles. The Morgan fingerprint density at radius 1 is 1.20 bits per heavy atom. The van der Waals surface area contributed by atoms with Gasteiger partial charge in [0, 0.05) is 24.3 Å². The predicted octanol–water partition coefficient (Wildman–Crippen LogP) is 3.41. The molecule has 0 spiro atoms. The minimum atomic E-state index is -0.331. The second kappa shape index (κ2) is 5.35. The van der Waals surface area contributed by atoms with Crippen LogP contribution in [0.15, 0.2) is 53.2 Å². The second-order valence-corrected chi connectivity index (χ2v) is 4.66. The molecule has 0 aliphatic heterocycles. The molecule has 3 aromatic rings. The monoisotopic (exact) mass is 286 g/mol. The van der Waals surface area contributed by atoms with E-state index in [-0.39, 0.29) is 11.7 Å². The number of carbonyl (C=O) groups excluding carboxylic acids is 1. The molecule has 0 unspecified atom stereocenters. The van der Waals surface area contributed by atoms with E-state index in [1.54, 1.807) is 18.5 Å². The van der Waals surface area contributed by atoms with Crippen molar-refractivity contribution in [2.45, 2.75) is 6.54 Å². The van der Waals surface area contributed by atoms with Crippen LogP contribution in [0.5, 0.6) is 0 Å². The molecule has 0 aliphatic carbocycles. The number of carbonyl (C=O) groups is 1. The Morgan fingerprint density at radius 2 is 1.95 bits per heavy atom. The van der Waals surface area contributed by atoms with E-state index in [1.807, 2.05) is 30.3 Å². The molecule has 1 amide bonds. The molecule has 4 nitrogen and oxygen atoms in total. The first-order valence-corrected chi connectivity index (χ1v) is 6.47. The van der Waals surface area contributed by atoms with Gasteiger partial charge in [-0.3, -0.25) is 9.78 Å². The highest BCUT2D eigenvalue weighted by Crippen LogP contribution is 2.30. The molecule has 20 heavy (non-hydrogen) atoms. The molecular formula is C15H11ClN2O2. The first-order chi connectivity index (χ1) is 9.75. The quantitative estimate of drug-likeness (QED) is 0.803. The number of hydrogen-bond acceptors (Lipinski definition) is 3. The van der Waals surface area contributed by atoms with Gasteiger partial charge in [-0.2, -0.15) is 0 Å². The van der Waals surface area contributed by atoms with Gasteiger partial charge in [0.25, 0.3) is 5.91 Å². The van der Waals surface area contributed by atoms with Crippen LogP contribution in [0.4, 0.5) is 0 Å². The lowest BCUT2D eigenvalue weighted by atomic mass is 10.2. The van der Waals surface area contributed by atoms with Crippen LogP contribution in [0.2, 0.25) is 5.02 Å². The molecule has 0 atom stereocenters. The minimum Gasteiger partial charge on any atom is -0.449 e. The smallest absolute Gasteiger partial charge is 0.288 e. The van der Waals surface area contributed by atoms with Gasteiger partial charge in [0.05, 0.1) is 5.02 Å². The van der Waals surface area contributed by atoms with Gasteiger partial charge < -0.3 is 9.73 Å². The van der Waals surface area contributed by atoms with Gasteiger partial charge in [-0.1, -0.05) is 23.7 Å². The van der Waals surface area contributed by atoms with E-state index in [2.05, 4.69) is 10.3 Å². The van der Waals surface area contributed by atoms with Crippen LogP contribution < -0.4 is 5.32 Å². The lowest BCUT2D eigenvalue weighted by Crippen LogP contribution is -2.22. The molecule has 0 radical (unpaired) electrons. The van der Waals surface area contributed by atoms with E-state index >= 15 is 0 Å². The molecule has 0 saturated heterocycles. The SMILES string of the molecule is O=C(NCc1ccncc1)c1oc2ccccc2c1Cl. The van der Waals surface area contributed by atoms with Crippen LogP contribution in [0.25, 0.3) is 11.0 Å². The number of para-hydroxylation sites is 1. The van der Waals surface area contributed by atoms with Gasteiger partial charge >= 0.3 is 0 Å². The van der Waals surface area contributed by atoms with Crippen molar-refractivity contribution in [1.29, 1.82) is 0 Å². The van der Waals surface area contributed by atoms with Gasteiger partial charge in [-0.15, -0.1) is 0 Å². The van der Waals surface area contributed by atoms with E-state index in [0.717, 1.165) is 10.9 Å². The fourth-order valence-electron chi connectivity index (χ4n) is 1.92. The summed E-state index contributed by atoms with van der Waals surface area (Å²) in [6.07, 6.45) is 3.35. The van der Waals surface area contributed by atoms with Gasteiger partial charge in [0.1, 0.15) is 5.58 Å². The van der Waals surface area contributed by atoms with Crippen LogP contribution in [0, 0.1) is 0 Å². The zero-order chi connectivity index (χ0) is 13.9. The standard InChI is InChI=1S/C15H11ClN2O2/c16-13-11-3-1-2-4-12(11)20-14(13)15(19)18-9-10-5-7-17-8-6-10/h1-8H,9H2,(H,18,19). The number of amides is 1. The van der Waals surface area contributed by atoms with E-state index in [4.69, 9.17) is 16.0 Å². The summed E-state index contributed by atoms with van der Waals surface area (Å²) < 4.78 is 5.49. The summed E-state index contributed by atoms with van der Waals surface area (Å²) in [5, 5.41) is 3.85. The summed E-state index contributed by atoms with van der Waals surface area (Å²) in [6.45, 7) is 0.398. The maximum Gasteiger partial charge on any atom is 0.288 e. The Kier molecular flexibility index (Phi) is 3.39. The van der Waals surface area contributed by atoms with Crippen molar-refractivity contribution in [3.63, 3.8) is 0 Å². The average Bonchev–Trinajstić information content (AvgIpc) is 2.84. The van der Waals surface area contributed by atoms with Crippen molar-refractivity contribution >= 4 is 28.5 Å². The van der Waals surface area contributed by atoms with Gasteiger partial charge in [0.2, 0.25) is 5.76 Å². The Balaban J connectivity index is 1.81. The maximum absolute atomic E-state index is 12.1. The summed E-state index contributed by atoms with van der Waals surface area (Å²) >= 11 is 6.17. The van der Waals surface area contributed by atoms with E-state index < -0.39 is 0 Å². The highest BCUT2D eigenvalue weighted by Gasteiger charge is 2.18. The number of aromatic nitrogens is 1. The predicted molar refractivity (Wildman–Crippen MR) is 76.6 cm³/mol. The highest BCUT2D eigenvalue weighted by molar-refractivity contribution is 6.38. The molecule has 2 heterocycles. The highest BCUT2D eigenvalue weighted by atomic mass is 35.5. The lowest BCUT2D eigenvalue weighted by Gasteiger charge is -2.03. The molecule has 100 valence electrons. The normalized spacial score (nSPS) is 10.7. The Labute approximate surface area is 120 Å². The zero-order valence-electron chi connectivity index (χ0n) is 10.5. The molecule has 0 aliphatic rings. The number of furan rings is 1. The van der Waals surface area contributed by atoms with E-state index in [9.17, 15) is 4.79 Å². The second-order valence-electron chi connectivity index (χ2n) is 4.28. The summed E-state index contributed by atoms with van der Waals surface area (Å²) in [4.78, 5) is 16.0. The van der Waals surface area contributed by atoms with E-state index in [0.29, 0.717) is 17.2 Å². The average molecular weight is 287 g/mol. The fourth-order valence-corrected chi connectivity index (χ4v) is 2.20. The molecular weight excluding hydrogens is 276 g/mol. The minimum absolute atomic E-state index is 0.141. The number of rotatable bonds is 3. The van der Waals surface area contributed by atoms with Crippen molar-refractivity contribution in [3.05, 3.63) is 65.1 Å². The summed E-state index contributed by atoms with van der Waals surface area (Å²) in [5.74, 6) is -0.190. The lowest BCUT2D eigenvalue weighted by molar-refractivity contribution is 0.0925. The van der Waals surface area contributed by atoms with Crippen LogP contribution >= 0.6 is 11.6 Å². The maximum atomic E-state index is 12.1. The molecule has 5 heteroatoms. The van der Waals surface area contributed by atoms with Gasteiger partial charge in [-0.05, 0) is 29.8 Å². The Hall–Kier alpha value is -2.33. The number of halogens is 1. The first-order valence-electron chi connectivity index (χ1n) is 6.10. The third kappa shape index (κ3) is 2.38. The largest absolute Gasteiger partial charge is 0.449 e. The molecule has 0 bridgehead atoms. The number of nitrogens with zero attached hydrogens (tertiary/aromatic N) is 1. The topological polar surface area (TPSA) is 55.1 Å². The Morgan fingerprint density at radius 3 is 2.70 bits per heavy atom. The van der Waals surface area contributed by atoms with E-state index in [1.165, 1.54) is 0 Å². The number of nitrogens with one attached hydrogen (secondary N) is 1.